The fraction of sp³-hybridized carbons (Fsp3) is 0.623. The molecule has 6 nitrogen and oxygen atoms in total. The highest BCUT2D eigenvalue weighted by molar-refractivity contribution is 5.71. The zero-order valence-electron chi connectivity index (χ0n) is 43.1. The van der Waals surface area contributed by atoms with Gasteiger partial charge in [0, 0.05) is 19.3 Å². The van der Waals surface area contributed by atoms with Crippen molar-refractivity contribution in [1.29, 1.82) is 0 Å². The fourth-order valence-corrected chi connectivity index (χ4v) is 6.92. The summed E-state index contributed by atoms with van der Waals surface area (Å²) in [4.78, 5) is 38.1. The molecular weight excluding hydrogens is 829 g/mol. The van der Waals surface area contributed by atoms with E-state index in [-0.39, 0.29) is 31.1 Å². The molecule has 1 atom stereocenters. The molecule has 0 aliphatic carbocycles. The molecule has 0 aliphatic rings. The van der Waals surface area contributed by atoms with E-state index in [1.165, 1.54) is 25.7 Å². The van der Waals surface area contributed by atoms with Crippen LogP contribution in [0.5, 0.6) is 0 Å². The van der Waals surface area contributed by atoms with Crippen molar-refractivity contribution in [2.24, 2.45) is 0 Å². The molecule has 0 rings (SSSR count). The molecule has 0 spiro atoms. The van der Waals surface area contributed by atoms with Crippen LogP contribution in [0, 0.1) is 0 Å². The molecule has 0 radical (unpaired) electrons. The van der Waals surface area contributed by atoms with E-state index in [4.69, 9.17) is 14.2 Å². The van der Waals surface area contributed by atoms with Crippen LogP contribution in [0.2, 0.25) is 0 Å². The standard InChI is InChI=1S/C61H98O6/c1-4-7-10-13-16-19-22-25-28-29-30-31-34-36-39-42-45-48-51-54-60(63)66-57-58(67-61(64)55-52-49-46-43-40-37-33-27-24-21-18-15-12-9-6-3)56-65-59(62)53-50-47-44-41-38-35-32-26-23-20-17-14-11-8-5-2/h7-8,10-11,16-21,25-28,30-33,36,39,58H,4-6,9,12-15,22-24,29,34-35,37-38,40-57H2,1-3H3/b10-7-,11-8-,19-16-,20-17-,21-18-,28-25-,31-30-,32-26-,33-27-,39-36-/t58-/m0/s1. The highest BCUT2D eigenvalue weighted by Crippen LogP contribution is 2.13. The van der Waals surface area contributed by atoms with Gasteiger partial charge in [0.1, 0.15) is 13.2 Å². The summed E-state index contributed by atoms with van der Waals surface area (Å²) in [6, 6.07) is 0. The number of carbonyl (C=O) groups excluding carboxylic acids is 3. The molecule has 0 aromatic carbocycles. The van der Waals surface area contributed by atoms with Crippen molar-refractivity contribution in [3.63, 3.8) is 0 Å². The lowest BCUT2D eigenvalue weighted by Gasteiger charge is -2.18. The molecule has 0 aromatic rings. The third-order valence-electron chi connectivity index (χ3n) is 10.9. The Balaban J connectivity index is 4.52. The first kappa shape index (κ1) is 62.8. The maximum absolute atomic E-state index is 12.8. The van der Waals surface area contributed by atoms with Crippen LogP contribution in [-0.2, 0) is 28.6 Å². The van der Waals surface area contributed by atoms with E-state index in [9.17, 15) is 14.4 Å². The van der Waals surface area contributed by atoms with Crippen molar-refractivity contribution in [3.8, 4) is 0 Å². The number of esters is 3. The van der Waals surface area contributed by atoms with Gasteiger partial charge in [-0.1, -0.05) is 200 Å². The topological polar surface area (TPSA) is 78.9 Å². The molecule has 378 valence electrons. The SMILES string of the molecule is CC/C=C\C/C=C\C/C=C\C/C=C\C/C=C\CCCCCC(=O)OC[C@H](COC(=O)CCCCCCC/C=C\C/C=C\C/C=C\CC)OC(=O)CCCCCCC/C=C\C/C=C\CCCCC. The van der Waals surface area contributed by atoms with Gasteiger partial charge >= 0.3 is 17.9 Å². The minimum Gasteiger partial charge on any atom is -0.462 e. The molecule has 0 N–H and O–H groups in total. The Morgan fingerprint density at radius 2 is 0.582 bits per heavy atom. The van der Waals surface area contributed by atoms with E-state index in [0.717, 1.165) is 161 Å². The molecule has 0 bridgehead atoms. The summed E-state index contributed by atoms with van der Waals surface area (Å²) in [5.74, 6) is -0.975. The van der Waals surface area contributed by atoms with E-state index < -0.39 is 6.10 Å². The van der Waals surface area contributed by atoms with Gasteiger partial charge in [-0.2, -0.15) is 0 Å². The van der Waals surface area contributed by atoms with E-state index in [1.807, 2.05) is 0 Å². The summed E-state index contributed by atoms with van der Waals surface area (Å²) < 4.78 is 16.8. The first-order valence-electron chi connectivity index (χ1n) is 27.0. The van der Waals surface area contributed by atoms with Crippen molar-refractivity contribution in [1.82, 2.24) is 0 Å². The van der Waals surface area contributed by atoms with Crippen LogP contribution in [-0.4, -0.2) is 37.2 Å². The monoisotopic (exact) mass is 927 g/mol. The Kier molecular flexibility index (Phi) is 51.0. The zero-order valence-corrected chi connectivity index (χ0v) is 43.1. The average molecular weight is 927 g/mol. The van der Waals surface area contributed by atoms with Crippen LogP contribution in [0.3, 0.4) is 0 Å². The quantitative estimate of drug-likeness (QED) is 0.0262. The number of unbranched alkanes of at least 4 members (excludes halogenated alkanes) is 16. The second kappa shape index (κ2) is 54.4. The summed E-state index contributed by atoms with van der Waals surface area (Å²) in [6.45, 7) is 6.32. The molecule has 0 amide bonds. The Morgan fingerprint density at radius 1 is 0.313 bits per heavy atom. The third-order valence-corrected chi connectivity index (χ3v) is 10.9. The number of allylic oxidation sites excluding steroid dienone is 20. The summed E-state index contributed by atoms with van der Waals surface area (Å²) in [6.07, 6.45) is 74.6. The van der Waals surface area contributed by atoms with Gasteiger partial charge in [-0.3, -0.25) is 14.4 Å². The van der Waals surface area contributed by atoms with Gasteiger partial charge in [-0.05, 0) is 128 Å². The predicted molar refractivity (Wildman–Crippen MR) is 288 cm³/mol. The van der Waals surface area contributed by atoms with E-state index in [2.05, 4.69) is 142 Å². The number of carbonyl (C=O) groups is 3. The van der Waals surface area contributed by atoms with Crippen LogP contribution >= 0.6 is 0 Å². The highest BCUT2D eigenvalue weighted by atomic mass is 16.6. The lowest BCUT2D eigenvalue weighted by atomic mass is 10.1. The second-order valence-electron chi connectivity index (χ2n) is 17.4. The molecule has 0 saturated heterocycles. The van der Waals surface area contributed by atoms with Crippen molar-refractivity contribution in [3.05, 3.63) is 122 Å². The molecule has 0 aromatic heterocycles. The van der Waals surface area contributed by atoms with Gasteiger partial charge in [0.15, 0.2) is 6.10 Å². The van der Waals surface area contributed by atoms with Crippen LogP contribution in [0.1, 0.15) is 226 Å². The Morgan fingerprint density at radius 3 is 0.925 bits per heavy atom. The first-order valence-corrected chi connectivity index (χ1v) is 27.0. The molecule has 0 heterocycles. The maximum Gasteiger partial charge on any atom is 0.306 e. The van der Waals surface area contributed by atoms with Gasteiger partial charge in [0.2, 0.25) is 0 Å². The van der Waals surface area contributed by atoms with E-state index in [0.29, 0.717) is 19.3 Å². The minimum absolute atomic E-state index is 0.107. The number of rotatable bonds is 47. The number of hydrogen-bond acceptors (Lipinski definition) is 6. The highest BCUT2D eigenvalue weighted by Gasteiger charge is 2.19. The smallest absolute Gasteiger partial charge is 0.306 e. The molecule has 67 heavy (non-hydrogen) atoms. The summed E-state index contributed by atoms with van der Waals surface area (Å²) in [7, 11) is 0. The molecule has 0 saturated carbocycles. The molecule has 0 fully saturated rings. The Labute approximate surface area is 412 Å². The van der Waals surface area contributed by atoms with Gasteiger partial charge < -0.3 is 14.2 Å². The van der Waals surface area contributed by atoms with Gasteiger partial charge in [0.25, 0.3) is 0 Å². The molecule has 0 aliphatic heterocycles. The Hall–Kier alpha value is -4.19. The number of hydrogen-bond donors (Lipinski definition) is 0. The lowest BCUT2D eigenvalue weighted by Crippen LogP contribution is -2.30. The normalized spacial score (nSPS) is 13.1. The van der Waals surface area contributed by atoms with Crippen LogP contribution in [0.25, 0.3) is 0 Å². The van der Waals surface area contributed by atoms with Gasteiger partial charge in [-0.15, -0.1) is 0 Å². The number of ether oxygens (including phenoxy) is 3. The van der Waals surface area contributed by atoms with E-state index in [1.54, 1.807) is 0 Å². The first-order chi connectivity index (χ1) is 33.0. The zero-order chi connectivity index (χ0) is 48.6. The van der Waals surface area contributed by atoms with Crippen molar-refractivity contribution >= 4 is 17.9 Å². The Bertz CT molecular complexity index is 1440. The molecule has 6 heteroatoms. The maximum atomic E-state index is 12.8. The van der Waals surface area contributed by atoms with Crippen molar-refractivity contribution in [2.75, 3.05) is 13.2 Å². The van der Waals surface area contributed by atoms with Crippen molar-refractivity contribution in [2.45, 2.75) is 232 Å². The predicted octanol–water partition coefficient (Wildman–Crippen LogP) is 18.1. The van der Waals surface area contributed by atoms with E-state index >= 15 is 0 Å². The lowest BCUT2D eigenvalue weighted by molar-refractivity contribution is -0.167. The molecule has 0 unspecified atom stereocenters. The molecular formula is C61H98O6. The second-order valence-corrected chi connectivity index (χ2v) is 17.4. The summed E-state index contributed by atoms with van der Waals surface area (Å²) >= 11 is 0. The van der Waals surface area contributed by atoms with Crippen LogP contribution in [0.15, 0.2) is 122 Å². The van der Waals surface area contributed by atoms with Gasteiger partial charge in [-0.25, -0.2) is 0 Å². The van der Waals surface area contributed by atoms with Crippen molar-refractivity contribution < 1.29 is 28.6 Å². The largest absolute Gasteiger partial charge is 0.462 e. The minimum atomic E-state index is -0.810. The fourth-order valence-electron chi connectivity index (χ4n) is 6.92. The summed E-state index contributed by atoms with van der Waals surface area (Å²) in [5.41, 5.74) is 0. The third kappa shape index (κ3) is 52.6. The average Bonchev–Trinajstić information content (AvgIpc) is 3.33. The summed E-state index contributed by atoms with van der Waals surface area (Å²) in [5, 5.41) is 0. The van der Waals surface area contributed by atoms with Crippen LogP contribution in [0.4, 0.5) is 0 Å². The van der Waals surface area contributed by atoms with Gasteiger partial charge in [0.05, 0.1) is 0 Å². The van der Waals surface area contributed by atoms with Crippen LogP contribution < -0.4 is 0 Å².